The molecule has 1 aliphatic rings. The van der Waals surface area contributed by atoms with Gasteiger partial charge in [0.05, 0.1) is 12.5 Å². The molecule has 148 valence electrons. The van der Waals surface area contributed by atoms with Gasteiger partial charge in [-0.25, -0.2) is 8.78 Å². The Morgan fingerprint density at radius 1 is 1.11 bits per heavy atom. The second-order valence-corrected chi connectivity index (χ2v) is 7.07. The van der Waals surface area contributed by atoms with Crippen LogP contribution in [0.3, 0.4) is 0 Å². The Labute approximate surface area is 162 Å². The molecule has 3 rings (SSSR count). The molecule has 28 heavy (non-hydrogen) atoms. The van der Waals surface area contributed by atoms with Crippen molar-refractivity contribution >= 4 is 11.8 Å². The fourth-order valence-electron chi connectivity index (χ4n) is 3.70. The van der Waals surface area contributed by atoms with Gasteiger partial charge in [-0.1, -0.05) is 36.4 Å². The summed E-state index contributed by atoms with van der Waals surface area (Å²) in [6.45, 7) is 2.02. The molecular weight excluding hydrogens is 364 g/mol. The van der Waals surface area contributed by atoms with Crippen LogP contribution in [0.4, 0.5) is 8.78 Å². The summed E-state index contributed by atoms with van der Waals surface area (Å²) in [6.07, 6.45) is -0.244. The van der Waals surface area contributed by atoms with E-state index in [0.29, 0.717) is 13.1 Å². The van der Waals surface area contributed by atoms with Gasteiger partial charge < -0.3 is 16.0 Å². The van der Waals surface area contributed by atoms with Gasteiger partial charge in [-0.15, -0.1) is 0 Å². The van der Waals surface area contributed by atoms with E-state index in [9.17, 15) is 18.4 Å². The third kappa shape index (κ3) is 4.36. The highest BCUT2D eigenvalue weighted by Crippen LogP contribution is 2.29. The number of rotatable bonds is 5. The van der Waals surface area contributed by atoms with E-state index in [1.165, 1.54) is 13.0 Å². The maximum absolute atomic E-state index is 14.2. The molecule has 1 heterocycles. The highest BCUT2D eigenvalue weighted by Gasteiger charge is 2.35. The first-order valence-corrected chi connectivity index (χ1v) is 9.16. The highest BCUT2D eigenvalue weighted by atomic mass is 19.1. The summed E-state index contributed by atoms with van der Waals surface area (Å²) in [7, 11) is 0. The number of hydrogen-bond acceptors (Lipinski definition) is 3. The van der Waals surface area contributed by atoms with E-state index in [4.69, 9.17) is 5.73 Å². The first kappa shape index (κ1) is 19.9. The number of nitrogens with one attached hydrogen (secondary N) is 1. The van der Waals surface area contributed by atoms with E-state index in [-0.39, 0.29) is 29.9 Å². The van der Waals surface area contributed by atoms with Gasteiger partial charge in [0.2, 0.25) is 11.8 Å². The molecular formula is C21H23F2N3O2. The lowest BCUT2D eigenvalue weighted by atomic mass is 9.95. The molecule has 0 saturated carbocycles. The monoisotopic (exact) mass is 387 g/mol. The number of nitrogens with zero attached hydrogens (tertiary/aromatic N) is 1. The molecule has 2 amide bonds. The topological polar surface area (TPSA) is 75.4 Å². The van der Waals surface area contributed by atoms with Crippen molar-refractivity contribution < 1.29 is 18.4 Å². The highest BCUT2D eigenvalue weighted by molar-refractivity contribution is 5.79. The molecule has 0 aromatic heterocycles. The maximum Gasteiger partial charge on any atom is 0.225 e. The first-order valence-electron chi connectivity index (χ1n) is 9.16. The number of carbonyl (C=O) groups is 2. The summed E-state index contributed by atoms with van der Waals surface area (Å²) in [5.41, 5.74) is 6.96. The number of halogens is 2. The lowest BCUT2D eigenvalue weighted by molar-refractivity contribution is -0.131. The largest absolute Gasteiger partial charge is 0.349 e. The Morgan fingerprint density at radius 3 is 2.36 bits per heavy atom. The van der Waals surface area contributed by atoms with E-state index in [1.807, 2.05) is 30.3 Å². The Balaban J connectivity index is 1.76. The second kappa shape index (κ2) is 8.48. The summed E-state index contributed by atoms with van der Waals surface area (Å²) in [6, 6.07) is 11.8. The van der Waals surface area contributed by atoms with Crippen LogP contribution in [-0.2, 0) is 9.59 Å². The fraction of sp³-hybridized carbons (Fsp3) is 0.333. The standard InChI is InChI=1S/C21H23F2N3O2/c1-13(27)25-19(21-16(22)8-5-9-17(21)23)10-20(28)26-11-15(18(24)12-26)14-6-3-2-4-7-14/h2-9,15,18-19H,10-12,24H2,1H3,(H,25,27)/t15-,18+,19?/m0/s1. The van der Waals surface area contributed by atoms with E-state index in [2.05, 4.69) is 5.32 Å². The fourth-order valence-corrected chi connectivity index (χ4v) is 3.70. The van der Waals surface area contributed by atoms with Gasteiger partial charge in [0.15, 0.2) is 0 Å². The summed E-state index contributed by atoms with van der Waals surface area (Å²) in [4.78, 5) is 26.0. The first-order chi connectivity index (χ1) is 13.4. The minimum absolute atomic E-state index is 0.00503. The lowest BCUT2D eigenvalue weighted by Gasteiger charge is -2.23. The van der Waals surface area contributed by atoms with Crippen LogP contribution >= 0.6 is 0 Å². The molecule has 7 heteroatoms. The predicted molar refractivity (Wildman–Crippen MR) is 101 cm³/mol. The van der Waals surface area contributed by atoms with Crippen molar-refractivity contribution in [1.82, 2.24) is 10.2 Å². The Hall–Kier alpha value is -2.80. The molecule has 0 aliphatic carbocycles. The van der Waals surface area contributed by atoms with Crippen LogP contribution in [0.2, 0.25) is 0 Å². The van der Waals surface area contributed by atoms with Gasteiger partial charge >= 0.3 is 0 Å². The molecule has 1 saturated heterocycles. The third-order valence-electron chi connectivity index (χ3n) is 5.05. The van der Waals surface area contributed by atoms with Gasteiger partial charge in [-0.2, -0.15) is 0 Å². The third-order valence-corrected chi connectivity index (χ3v) is 5.05. The van der Waals surface area contributed by atoms with Crippen molar-refractivity contribution in [3.63, 3.8) is 0 Å². The number of amides is 2. The lowest BCUT2D eigenvalue weighted by Crippen LogP contribution is -2.36. The molecule has 3 atom stereocenters. The minimum Gasteiger partial charge on any atom is -0.349 e. The van der Waals surface area contributed by atoms with Crippen LogP contribution in [0.5, 0.6) is 0 Å². The van der Waals surface area contributed by atoms with E-state index >= 15 is 0 Å². The van der Waals surface area contributed by atoms with Gasteiger partial charge in [0.1, 0.15) is 11.6 Å². The summed E-state index contributed by atoms with van der Waals surface area (Å²) < 4.78 is 28.4. The molecule has 1 fully saturated rings. The van der Waals surface area contributed by atoms with Gasteiger partial charge in [0, 0.05) is 37.5 Å². The van der Waals surface area contributed by atoms with Crippen molar-refractivity contribution in [2.24, 2.45) is 5.73 Å². The molecule has 2 aromatic rings. The van der Waals surface area contributed by atoms with Crippen LogP contribution in [0, 0.1) is 11.6 Å². The Morgan fingerprint density at radius 2 is 1.75 bits per heavy atom. The average molecular weight is 387 g/mol. The second-order valence-electron chi connectivity index (χ2n) is 7.07. The Bertz CT molecular complexity index is 840. The quantitative estimate of drug-likeness (QED) is 0.828. The van der Waals surface area contributed by atoms with E-state index in [0.717, 1.165) is 17.7 Å². The number of carbonyl (C=O) groups excluding carboxylic acids is 2. The summed E-state index contributed by atoms with van der Waals surface area (Å²) in [5.74, 6) is -2.38. The van der Waals surface area contributed by atoms with Crippen LogP contribution in [0.1, 0.15) is 36.4 Å². The molecule has 0 radical (unpaired) electrons. The van der Waals surface area contributed by atoms with Gasteiger partial charge in [-0.3, -0.25) is 9.59 Å². The smallest absolute Gasteiger partial charge is 0.225 e. The van der Waals surface area contributed by atoms with E-state index < -0.39 is 23.6 Å². The molecule has 2 aromatic carbocycles. The minimum atomic E-state index is -1.09. The van der Waals surface area contributed by atoms with Crippen molar-refractivity contribution in [2.75, 3.05) is 13.1 Å². The number of benzene rings is 2. The summed E-state index contributed by atoms with van der Waals surface area (Å²) >= 11 is 0. The average Bonchev–Trinajstić information content (AvgIpc) is 3.03. The van der Waals surface area contributed by atoms with Crippen molar-refractivity contribution in [3.8, 4) is 0 Å². The van der Waals surface area contributed by atoms with Crippen molar-refractivity contribution in [1.29, 1.82) is 0 Å². The molecule has 0 bridgehead atoms. The van der Waals surface area contributed by atoms with Crippen LogP contribution in [0.25, 0.3) is 0 Å². The molecule has 5 nitrogen and oxygen atoms in total. The molecule has 1 unspecified atom stereocenters. The van der Waals surface area contributed by atoms with Crippen LogP contribution in [-0.4, -0.2) is 35.8 Å². The Kier molecular flexibility index (Phi) is 6.04. The zero-order chi connectivity index (χ0) is 20.3. The molecule has 0 spiro atoms. The van der Waals surface area contributed by atoms with Gasteiger partial charge in [0.25, 0.3) is 0 Å². The zero-order valence-electron chi connectivity index (χ0n) is 15.6. The van der Waals surface area contributed by atoms with Crippen molar-refractivity contribution in [3.05, 3.63) is 71.3 Å². The normalized spacial score (nSPS) is 20.1. The SMILES string of the molecule is CC(=O)NC(CC(=O)N1C[C@@H](N)[C@H](c2ccccc2)C1)c1c(F)cccc1F. The number of nitrogens with two attached hydrogens (primary N) is 1. The van der Waals surface area contributed by atoms with Crippen LogP contribution in [0.15, 0.2) is 48.5 Å². The van der Waals surface area contributed by atoms with Crippen molar-refractivity contribution in [2.45, 2.75) is 31.3 Å². The maximum atomic E-state index is 14.2. The van der Waals surface area contributed by atoms with Gasteiger partial charge in [-0.05, 0) is 17.7 Å². The van der Waals surface area contributed by atoms with E-state index in [1.54, 1.807) is 4.90 Å². The molecule has 1 aliphatic heterocycles. The summed E-state index contributed by atoms with van der Waals surface area (Å²) in [5, 5.41) is 2.49. The predicted octanol–water partition coefficient (Wildman–Crippen LogP) is 2.49. The zero-order valence-corrected chi connectivity index (χ0v) is 15.6. The number of likely N-dealkylation sites (tertiary alicyclic amines) is 1. The number of hydrogen-bond donors (Lipinski definition) is 2. The molecule has 3 N–H and O–H groups in total. The van der Waals surface area contributed by atoms with Crippen LogP contribution < -0.4 is 11.1 Å².